The van der Waals surface area contributed by atoms with Crippen LogP contribution in [0.3, 0.4) is 0 Å². The Morgan fingerprint density at radius 1 is 1.03 bits per heavy atom. The maximum atomic E-state index is 14.1. The summed E-state index contributed by atoms with van der Waals surface area (Å²) in [4.78, 5) is 22.1. The number of nitrogens with zero attached hydrogens (tertiary/aromatic N) is 4. The van der Waals surface area contributed by atoms with E-state index in [-0.39, 0.29) is 22.9 Å². The number of hydrogen-bond donors (Lipinski definition) is 0. The molecule has 0 spiro atoms. The number of benzene rings is 1. The van der Waals surface area contributed by atoms with Gasteiger partial charge in [0.2, 0.25) is 5.82 Å². The molecule has 0 fully saturated rings. The zero-order valence-corrected chi connectivity index (χ0v) is 15.6. The average Bonchev–Trinajstić information content (AvgIpc) is 3.12. The van der Waals surface area contributed by atoms with Crippen LogP contribution in [-0.2, 0) is 6.18 Å². The van der Waals surface area contributed by atoms with E-state index in [9.17, 15) is 22.4 Å². The van der Waals surface area contributed by atoms with Gasteiger partial charge in [-0.1, -0.05) is 24.3 Å². The van der Waals surface area contributed by atoms with Crippen molar-refractivity contribution in [1.82, 2.24) is 14.4 Å². The first kappa shape index (κ1) is 19.6. The lowest BCUT2D eigenvalue weighted by Crippen LogP contribution is -2.29. The molecule has 9 heteroatoms. The molecule has 3 heterocycles. The molecule has 3 aromatic heterocycles. The maximum absolute atomic E-state index is 14.1. The molecule has 0 saturated heterocycles. The highest BCUT2D eigenvalue weighted by atomic mass is 19.4. The number of fused-ring (bicyclic) bond motifs is 1. The molecule has 30 heavy (non-hydrogen) atoms. The monoisotopic (exact) mass is 414 g/mol. The molecule has 0 saturated carbocycles. The fourth-order valence-electron chi connectivity index (χ4n) is 3.19. The summed E-state index contributed by atoms with van der Waals surface area (Å²) in [6.07, 6.45) is -1.76. The van der Waals surface area contributed by atoms with Crippen molar-refractivity contribution in [2.75, 3.05) is 11.9 Å². The lowest BCUT2D eigenvalue weighted by molar-refractivity contribution is -0.137. The number of hydrogen-bond acceptors (Lipinski definition) is 3. The van der Waals surface area contributed by atoms with E-state index in [1.54, 1.807) is 18.2 Å². The number of alkyl halides is 3. The van der Waals surface area contributed by atoms with Crippen molar-refractivity contribution in [3.8, 4) is 11.3 Å². The van der Waals surface area contributed by atoms with E-state index >= 15 is 0 Å². The Labute approximate surface area is 168 Å². The van der Waals surface area contributed by atoms with Gasteiger partial charge in [0.1, 0.15) is 0 Å². The van der Waals surface area contributed by atoms with E-state index in [1.165, 1.54) is 48.1 Å². The molecule has 5 nitrogen and oxygen atoms in total. The Morgan fingerprint density at radius 2 is 1.77 bits per heavy atom. The van der Waals surface area contributed by atoms with Gasteiger partial charge in [0.15, 0.2) is 11.6 Å². The van der Waals surface area contributed by atoms with Crippen molar-refractivity contribution in [3.05, 3.63) is 84.2 Å². The summed E-state index contributed by atoms with van der Waals surface area (Å²) in [7, 11) is 1.32. The normalized spacial score (nSPS) is 11.6. The van der Waals surface area contributed by atoms with Gasteiger partial charge in [-0.15, -0.1) is 0 Å². The van der Waals surface area contributed by atoms with Crippen LogP contribution in [0.5, 0.6) is 0 Å². The third-order valence-electron chi connectivity index (χ3n) is 4.59. The van der Waals surface area contributed by atoms with Crippen LogP contribution in [0.1, 0.15) is 16.2 Å². The van der Waals surface area contributed by atoms with Gasteiger partial charge in [-0.3, -0.25) is 14.1 Å². The minimum absolute atomic E-state index is 0.00164. The quantitative estimate of drug-likeness (QED) is 0.451. The minimum atomic E-state index is -4.60. The van der Waals surface area contributed by atoms with Crippen molar-refractivity contribution in [2.45, 2.75) is 6.18 Å². The average molecular weight is 414 g/mol. The molecule has 4 rings (SSSR count). The molecular weight excluding hydrogens is 400 g/mol. The van der Waals surface area contributed by atoms with Crippen LogP contribution in [0.25, 0.3) is 16.8 Å². The minimum Gasteiger partial charge on any atom is -0.295 e. The number of imidazole rings is 1. The van der Waals surface area contributed by atoms with Crippen LogP contribution >= 0.6 is 0 Å². The van der Waals surface area contributed by atoms with Crippen LogP contribution in [0.2, 0.25) is 0 Å². The molecule has 0 aliphatic rings. The van der Waals surface area contributed by atoms with Crippen molar-refractivity contribution < 1.29 is 22.4 Å². The standard InChI is InChI=1S/C21H14F4N4O/c1-28(18-15(22)9-6-11-26-18)20(30)19-27-17(16-10-4-5-12-29(16)19)13-7-2-3-8-14(13)21(23,24)25/h2-12H,1H3. The van der Waals surface area contributed by atoms with E-state index in [2.05, 4.69) is 9.97 Å². The van der Waals surface area contributed by atoms with E-state index in [1.807, 2.05) is 0 Å². The summed E-state index contributed by atoms with van der Waals surface area (Å²) < 4.78 is 56.1. The summed E-state index contributed by atoms with van der Waals surface area (Å²) in [5, 5.41) is 0. The molecule has 0 unspecified atom stereocenters. The molecule has 0 aliphatic carbocycles. The Morgan fingerprint density at radius 3 is 2.50 bits per heavy atom. The van der Waals surface area contributed by atoms with Gasteiger partial charge in [0.05, 0.1) is 16.8 Å². The molecule has 152 valence electrons. The maximum Gasteiger partial charge on any atom is 0.417 e. The van der Waals surface area contributed by atoms with Crippen LogP contribution in [0.4, 0.5) is 23.4 Å². The summed E-state index contributed by atoms with van der Waals surface area (Å²) >= 11 is 0. The molecule has 0 atom stereocenters. The lowest BCUT2D eigenvalue weighted by atomic mass is 10.0. The summed E-state index contributed by atoms with van der Waals surface area (Å²) in [5.74, 6) is -1.81. The number of carbonyl (C=O) groups is 1. The van der Waals surface area contributed by atoms with E-state index in [4.69, 9.17) is 0 Å². The number of rotatable bonds is 3. The number of anilines is 1. The summed E-state index contributed by atoms with van der Waals surface area (Å²) in [5.41, 5.74) is -0.703. The Hall–Kier alpha value is -3.75. The van der Waals surface area contributed by atoms with Gasteiger partial charge in [-0.2, -0.15) is 13.2 Å². The second-order valence-electron chi connectivity index (χ2n) is 6.46. The van der Waals surface area contributed by atoms with Crippen molar-refractivity contribution >= 4 is 17.2 Å². The van der Waals surface area contributed by atoms with Crippen molar-refractivity contribution in [3.63, 3.8) is 0 Å². The van der Waals surface area contributed by atoms with Gasteiger partial charge in [0.25, 0.3) is 5.91 Å². The third kappa shape index (κ3) is 3.28. The second-order valence-corrected chi connectivity index (χ2v) is 6.46. The highest BCUT2D eigenvalue weighted by molar-refractivity contribution is 6.04. The zero-order chi connectivity index (χ0) is 21.5. The largest absolute Gasteiger partial charge is 0.417 e. The fourth-order valence-corrected chi connectivity index (χ4v) is 3.19. The molecule has 0 aliphatic heterocycles. The zero-order valence-electron chi connectivity index (χ0n) is 15.6. The van der Waals surface area contributed by atoms with Gasteiger partial charge in [-0.25, -0.2) is 14.4 Å². The molecule has 1 amide bonds. The second kappa shape index (κ2) is 7.25. The van der Waals surface area contributed by atoms with Gasteiger partial charge in [-0.05, 0) is 30.3 Å². The van der Waals surface area contributed by atoms with Crippen LogP contribution in [-0.4, -0.2) is 27.3 Å². The molecule has 0 radical (unpaired) electrons. The molecule has 4 aromatic rings. The van der Waals surface area contributed by atoms with Crippen molar-refractivity contribution in [1.29, 1.82) is 0 Å². The van der Waals surface area contributed by atoms with Gasteiger partial charge in [0, 0.05) is 25.0 Å². The lowest BCUT2D eigenvalue weighted by Gasteiger charge is -2.15. The highest BCUT2D eigenvalue weighted by Crippen LogP contribution is 2.38. The van der Waals surface area contributed by atoms with Gasteiger partial charge < -0.3 is 0 Å². The van der Waals surface area contributed by atoms with E-state index in [0.29, 0.717) is 5.52 Å². The topological polar surface area (TPSA) is 50.5 Å². The number of aromatic nitrogens is 3. The first-order valence-corrected chi connectivity index (χ1v) is 8.81. The predicted octanol–water partition coefficient (Wildman–Crippen LogP) is 4.83. The molecular formula is C21H14F4N4O. The third-order valence-corrected chi connectivity index (χ3v) is 4.59. The van der Waals surface area contributed by atoms with Crippen molar-refractivity contribution in [2.24, 2.45) is 0 Å². The van der Waals surface area contributed by atoms with Crippen LogP contribution in [0.15, 0.2) is 67.0 Å². The predicted molar refractivity (Wildman–Crippen MR) is 103 cm³/mol. The highest BCUT2D eigenvalue weighted by Gasteiger charge is 2.35. The summed E-state index contributed by atoms with van der Waals surface area (Å²) in [6.45, 7) is 0. The fraction of sp³-hybridized carbons (Fsp3) is 0.0952. The Balaban J connectivity index is 1.90. The SMILES string of the molecule is CN(C(=O)c1nc(-c2ccccc2C(F)(F)F)c2ccccn12)c1ncccc1F. The Kier molecular flexibility index (Phi) is 4.73. The smallest absolute Gasteiger partial charge is 0.295 e. The molecule has 0 N–H and O–H groups in total. The molecule has 1 aromatic carbocycles. The first-order chi connectivity index (χ1) is 14.3. The number of carbonyl (C=O) groups excluding carboxylic acids is 1. The van der Waals surface area contributed by atoms with Crippen LogP contribution < -0.4 is 4.90 Å². The number of halogens is 4. The number of amides is 1. The first-order valence-electron chi connectivity index (χ1n) is 8.81. The van der Waals surface area contributed by atoms with E-state index < -0.39 is 23.5 Å². The number of pyridine rings is 2. The van der Waals surface area contributed by atoms with Crippen LogP contribution in [0, 0.1) is 5.82 Å². The summed E-state index contributed by atoms with van der Waals surface area (Å²) in [6, 6.07) is 12.4. The van der Waals surface area contributed by atoms with E-state index in [0.717, 1.165) is 17.0 Å². The Bertz CT molecular complexity index is 1250. The van der Waals surface area contributed by atoms with Gasteiger partial charge >= 0.3 is 6.18 Å². The molecule has 0 bridgehead atoms.